The van der Waals surface area contributed by atoms with Crippen molar-refractivity contribution in [2.45, 2.75) is 6.54 Å². The highest BCUT2D eigenvalue weighted by atomic mass is 19.1. The molecule has 0 atom stereocenters. The number of aromatic amines is 1. The van der Waals surface area contributed by atoms with Crippen LogP contribution in [0.4, 0.5) is 13.2 Å². The molecule has 3 N–H and O–H groups in total. The van der Waals surface area contributed by atoms with Crippen LogP contribution < -0.4 is 10.7 Å². The largest absolute Gasteiger partial charge is 0.477 e. The van der Waals surface area contributed by atoms with E-state index in [4.69, 9.17) is 5.11 Å². The molecule has 23 heavy (non-hydrogen) atoms. The van der Waals surface area contributed by atoms with Gasteiger partial charge in [-0.05, 0) is 0 Å². The maximum Gasteiger partial charge on any atom is 0.352 e. The number of pyridine rings is 1. The predicted octanol–water partition coefficient (Wildman–Crippen LogP) is 1.42. The van der Waals surface area contributed by atoms with Crippen LogP contribution in [-0.4, -0.2) is 22.0 Å². The van der Waals surface area contributed by atoms with Crippen LogP contribution in [-0.2, 0) is 6.54 Å². The zero-order chi connectivity index (χ0) is 17.1. The molecule has 1 amide bonds. The lowest BCUT2D eigenvalue weighted by atomic mass is 10.1. The molecule has 0 saturated carbocycles. The number of H-pyrrole nitrogens is 1. The number of carboxylic acid groups (broad SMARTS) is 1. The molecule has 9 heteroatoms. The highest BCUT2D eigenvalue weighted by Gasteiger charge is 2.16. The summed E-state index contributed by atoms with van der Waals surface area (Å²) in [5, 5.41) is 10.8. The highest BCUT2D eigenvalue weighted by molar-refractivity contribution is 5.94. The van der Waals surface area contributed by atoms with Crippen LogP contribution in [0.5, 0.6) is 0 Å². The molecule has 0 saturated heterocycles. The van der Waals surface area contributed by atoms with Crippen molar-refractivity contribution >= 4 is 11.9 Å². The Kier molecular flexibility index (Phi) is 4.49. The first-order valence-electron chi connectivity index (χ1n) is 6.17. The molecule has 120 valence electrons. The van der Waals surface area contributed by atoms with E-state index in [1.807, 2.05) is 0 Å². The Morgan fingerprint density at radius 2 is 1.74 bits per heavy atom. The molecule has 2 rings (SSSR count). The standard InChI is InChI=1S/C14H9F3N2O4/c15-6-1-9(16)7(10(17)2-6)4-19-13(21)8-5-18-11(14(22)23)3-12(8)20/h1-3,5H,4H2,(H,18,20)(H,19,21)(H,22,23). The number of amides is 1. The van der Waals surface area contributed by atoms with E-state index >= 15 is 0 Å². The molecule has 0 radical (unpaired) electrons. The maximum atomic E-state index is 13.4. The summed E-state index contributed by atoms with van der Waals surface area (Å²) in [6, 6.07) is 1.62. The predicted molar refractivity (Wildman–Crippen MR) is 71.5 cm³/mol. The Bertz CT molecular complexity index is 825. The summed E-state index contributed by atoms with van der Waals surface area (Å²) in [6.07, 6.45) is 0.874. The zero-order valence-electron chi connectivity index (χ0n) is 11.3. The fourth-order valence-electron chi connectivity index (χ4n) is 1.78. The molecule has 0 spiro atoms. The van der Waals surface area contributed by atoms with E-state index < -0.39 is 58.1 Å². The van der Waals surface area contributed by atoms with E-state index in [9.17, 15) is 27.6 Å². The van der Waals surface area contributed by atoms with Gasteiger partial charge in [0.05, 0.1) is 0 Å². The summed E-state index contributed by atoms with van der Waals surface area (Å²) in [6.45, 7) is -0.614. The monoisotopic (exact) mass is 326 g/mol. The van der Waals surface area contributed by atoms with Crippen molar-refractivity contribution in [3.8, 4) is 0 Å². The van der Waals surface area contributed by atoms with Crippen molar-refractivity contribution in [1.82, 2.24) is 10.3 Å². The Balaban J connectivity index is 2.18. The summed E-state index contributed by atoms with van der Waals surface area (Å²) in [5.41, 5.74) is -2.29. The molecule has 6 nitrogen and oxygen atoms in total. The second-order valence-corrected chi connectivity index (χ2v) is 4.46. The number of hydrogen-bond donors (Lipinski definition) is 3. The van der Waals surface area contributed by atoms with Gasteiger partial charge in [-0.1, -0.05) is 0 Å². The SMILES string of the molecule is O=C(O)c1cc(=O)c(C(=O)NCc2c(F)cc(F)cc2F)c[nH]1. The first-order valence-corrected chi connectivity index (χ1v) is 6.17. The van der Waals surface area contributed by atoms with Gasteiger partial charge in [0.15, 0.2) is 5.43 Å². The van der Waals surface area contributed by atoms with Crippen molar-refractivity contribution in [2.24, 2.45) is 0 Å². The number of aromatic nitrogens is 1. The quantitative estimate of drug-likeness (QED) is 0.791. The molecule has 1 heterocycles. The minimum absolute atomic E-state index is 0.415. The lowest BCUT2D eigenvalue weighted by Crippen LogP contribution is -2.29. The van der Waals surface area contributed by atoms with Gasteiger partial charge in [0, 0.05) is 36.5 Å². The number of halogens is 3. The van der Waals surface area contributed by atoms with Crippen LogP contribution in [0.3, 0.4) is 0 Å². The number of nitrogens with one attached hydrogen (secondary N) is 2. The number of hydrogen-bond acceptors (Lipinski definition) is 3. The van der Waals surface area contributed by atoms with Crippen LogP contribution in [0, 0.1) is 17.5 Å². The van der Waals surface area contributed by atoms with Crippen LogP contribution in [0.2, 0.25) is 0 Å². The smallest absolute Gasteiger partial charge is 0.352 e. The molecular formula is C14H9F3N2O4. The lowest BCUT2D eigenvalue weighted by Gasteiger charge is -2.07. The Morgan fingerprint density at radius 1 is 1.13 bits per heavy atom. The Hall–Kier alpha value is -3.10. The first kappa shape index (κ1) is 16.3. The minimum atomic E-state index is -1.38. The van der Waals surface area contributed by atoms with E-state index in [2.05, 4.69) is 10.3 Å². The maximum absolute atomic E-state index is 13.4. The normalized spacial score (nSPS) is 10.4. The van der Waals surface area contributed by atoms with Gasteiger partial charge in [0.1, 0.15) is 28.7 Å². The lowest BCUT2D eigenvalue weighted by molar-refractivity contribution is 0.0689. The van der Waals surface area contributed by atoms with Gasteiger partial charge in [-0.3, -0.25) is 9.59 Å². The average molecular weight is 326 g/mol. The number of carboxylic acids is 1. The number of aromatic carboxylic acids is 1. The second-order valence-electron chi connectivity index (χ2n) is 4.46. The average Bonchev–Trinajstić information content (AvgIpc) is 2.45. The molecule has 0 fully saturated rings. The Morgan fingerprint density at radius 3 is 2.26 bits per heavy atom. The van der Waals surface area contributed by atoms with Crippen LogP contribution in [0.1, 0.15) is 26.4 Å². The highest BCUT2D eigenvalue weighted by Crippen LogP contribution is 2.14. The summed E-state index contributed by atoms with van der Waals surface area (Å²) >= 11 is 0. The summed E-state index contributed by atoms with van der Waals surface area (Å²) in [7, 11) is 0. The molecule has 0 aliphatic heterocycles. The van der Waals surface area contributed by atoms with Crippen molar-refractivity contribution < 1.29 is 27.9 Å². The van der Waals surface area contributed by atoms with Gasteiger partial charge in [-0.25, -0.2) is 18.0 Å². The molecule has 1 aromatic carbocycles. The summed E-state index contributed by atoms with van der Waals surface area (Å²) in [5.74, 6) is -5.82. The van der Waals surface area contributed by atoms with E-state index in [1.54, 1.807) is 0 Å². The van der Waals surface area contributed by atoms with E-state index in [1.165, 1.54) is 0 Å². The first-order chi connectivity index (χ1) is 10.8. The number of carbonyl (C=O) groups is 2. The number of rotatable bonds is 4. The third kappa shape index (κ3) is 3.57. The second kappa shape index (κ2) is 6.34. The number of carbonyl (C=O) groups excluding carboxylic acids is 1. The molecule has 0 aliphatic rings. The molecule has 0 aliphatic carbocycles. The van der Waals surface area contributed by atoms with Crippen LogP contribution in [0.25, 0.3) is 0 Å². The van der Waals surface area contributed by atoms with E-state index in [-0.39, 0.29) is 0 Å². The van der Waals surface area contributed by atoms with Gasteiger partial charge in [0.2, 0.25) is 0 Å². The van der Waals surface area contributed by atoms with Gasteiger partial charge in [-0.15, -0.1) is 0 Å². The molecule has 2 aromatic rings. The van der Waals surface area contributed by atoms with Gasteiger partial charge in [-0.2, -0.15) is 0 Å². The molecular weight excluding hydrogens is 317 g/mol. The van der Waals surface area contributed by atoms with Gasteiger partial charge < -0.3 is 15.4 Å². The zero-order valence-corrected chi connectivity index (χ0v) is 11.3. The topological polar surface area (TPSA) is 99.3 Å². The minimum Gasteiger partial charge on any atom is -0.477 e. The molecule has 0 bridgehead atoms. The summed E-state index contributed by atoms with van der Waals surface area (Å²) < 4.78 is 39.6. The fourth-order valence-corrected chi connectivity index (χ4v) is 1.78. The molecule has 0 unspecified atom stereocenters. The van der Waals surface area contributed by atoms with Gasteiger partial charge in [0.25, 0.3) is 5.91 Å². The third-order valence-corrected chi connectivity index (χ3v) is 2.92. The molecule has 1 aromatic heterocycles. The van der Waals surface area contributed by atoms with Crippen molar-refractivity contribution in [2.75, 3.05) is 0 Å². The van der Waals surface area contributed by atoms with Gasteiger partial charge >= 0.3 is 5.97 Å². The van der Waals surface area contributed by atoms with E-state index in [0.29, 0.717) is 18.2 Å². The van der Waals surface area contributed by atoms with Crippen molar-refractivity contribution in [1.29, 1.82) is 0 Å². The number of benzene rings is 1. The summed E-state index contributed by atoms with van der Waals surface area (Å²) in [4.78, 5) is 36.3. The fraction of sp³-hybridized carbons (Fsp3) is 0.0714. The Labute approximate surface area is 126 Å². The van der Waals surface area contributed by atoms with Crippen molar-refractivity contribution in [3.63, 3.8) is 0 Å². The van der Waals surface area contributed by atoms with Crippen molar-refractivity contribution in [3.05, 3.63) is 68.9 Å². The van der Waals surface area contributed by atoms with E-state index in [0.717, 1.165) is 6.20 Å². The van der Waals surface area contributed by atoms with Crippen LogP contribution >= 0.6 is 0 Å². The third-order valence-electron chi connectivity index (χ3n) is 2.92. The van der Waals surface area contributed by atoms with Crippen LogP contribution in [0.15, 0.2) is 29.2 Å².